The van der Waals surface area contributed by atoms with E-state index in [1.165, 1.54) is 0 Å². The third-order valence-corrected chi connectivity index (χ3v) is 3.76. The first kappa shape index (κ1) is 19.1. The monoisotopic (exact) mass is 370 g/mol. The molecule has 0 unspecified atom stereocenters. The summed E-state index contributed by atoms with van der Waals surface area (Å²) in [4.78, 5) is 24.6. The number of carbonyl (C=O) groups excluding carboxylic acids is 1. The zero-order chi connectivity index (χ0) is 19.3. The molecular weight excluding hydrogens is 352 g/mol. The first-order chi connectivity index (χ1) is 12.4. The molecule has 2 rings (SSSR count). The van der Waals surface area contributed by atoms with Gasteiger partial charge in [-0.3, -0.25) is 20.3 Å². The molecule has 0 fully saturated rings. The summed E-state index contributed by atoms with van der Waals surface area (Å²) < 4.78 is 6.46. The Morgan fingerprint density at radius 1 is 1.31 bits per heavy atom. The van der Waals surface area contributed by atoms with Crippen molar-refractivity contribution >= 4 is 23.2 Å². The van der Waals surface area contributed by atoms with Gasteiger partial charge in [0.1, 0.15) is 17.4 Å². The molecule has 1 aromatic heterocycles. The Balaban J connectivity index is 2.13. The van der Waals surface area contributed by atoms with Gasteiger partial charge in [0.05, 0.1) is 6.61 Å². The van der Waals surface area contributed by atoms with E-state index in [0.29, 0.717) is 29.2 Å². The largest absolute Gasteiger partial charge is 0.494 e. The van der Waals surface area contributed by atoms with Gasteiger partial charge in [-0.2, -0.15) is 5.26 Å². The summed E-state index contributed by atoms with van der Waals surface area (Å²) in [7, 11) is 0. The third kappa shape index (κ3) is 4.26. The second-order valence-corrected chi connectivity index (χ2v) is 5.86. The zero-order valence-electron chi connectivity index (χ0n) is 14.6. The Labute approximate surface area is 156 Å². The first-order valence-electron chi connectivity index (χ1n) is 7.86. The Bertz CT molecular complexity index is 943. The van der Waals surface area contributed by atoms with Crippen molar-refractivity contribution in [3.8, 4) is 11.8 Å². The quantitative estimate of drug-likeness (QED) is 0.799. The predicted octanol–water partition coefficient (Wildman–Crippen LogP) is 1.99. The topological polar surface area (TPSA) is 96.2 Å². The van der Waals surface area contributed by atoms with Crippen molar-refractivity contribution in [3.63, 3.8) is 0 Å². The smallest absolute Gasteiger partial charge is 0.287 e. The maximum absolute atomic E-state index is 12.3. The maximum atomic E-state index is 12.3. The number of ether oxygens (including phenoxy) is 1. The summed E-state index contributed by atoms with van der Waals surface area (Å²) in [6, 6.07) is 10.1. The van der Waals surface area contributed by atoms with Crippen LogP contribution in [0.5, 0.6) is 5.75 Å². The van der Waals surface area contributed by atoms with Gasteiger partial charge in [-0.1, -0.05) is 0 Å². The Kier molecular flexibility index (Phi) is 6.09. The number of carbonyl (C=O) groups is 1. The van der Waals surface area contributed by atoms with Crippen LogP contribution in [0.4, 0.5) is 0 Å². The van der Waals surface area contributed by atoms with Crippen molar-refractivity contribution in [2.24, 2.45) is 0 Å². The third-order valence-electron chi connectivity index (χ3n) is 3.57. The van der Waals surface area contributed by atoms with E-state index in [1.807, 2.05) is 13.0 Å². The summed E-state index contributed by atoms with van der Waals surface area (Å²) in [6.07, 6.45) is 0. The van der Waals surface area contributed by atoms with E-state index in [-0.39, 0.29) is 10.7 Å². The van der Waals surface area contributed by atoms with Crippen LogP contribution in [0, 0.1) is 25.2 Å². The Morgan fingerprint density at radius 3 is 2.54 bits per heavy atom. The van der Waals surface area contributed by atoms with Gasteiger partial charge in [0.2, 0.25) is 0 Å². The van der Waals surface area contributed by atoms with E-state index in [0.717, 1.165) is 4.68 Å². The molecule has 0 aliphatic carbocycles. The summed E-state index contributed by atoms with van der Waals surface area (Å²) in [5.41, 5.74) is 3.66. The zero-order valence-corrected chi connectivity index (χ0v) is 15.4. The van der Waals surface area contributed by atoms with Crippen molar-refractivity contribution in [1.82, 2.24) is 9.99 Å². The normalized spacial score (nSPS) is 9.92. The van der Waals surface area contributed by atoms with Gasteiger partial charge in [0.25, 0.3) is 11.5 Å². The van der Waals surface area contributed by atoms with Crippen LogP contribution in [0.2, 0.25) is 0 Å². The number of hydrogen-bond acceptors (Lipinski definition) is 5. The lowest BCUT2D eigenvalue weighted by molar-refractivity contribution is 0.0977. The molecule has 7 nitrogen and oxygen atoms in total. The average Bonchev–Trinajstić information content (AvgIpc) is 2.59. The molecule has 1 amide bonds. The van der Waals surface area contributed by atoms with Crippen LogP contribution in [0.3, 0.4) is 0 Å². The lowest BCUT2D eigenvalue weighted by Crippen LogP contribution is -2.43. The molecule has 0 aliphatic heterocycles. The Morgan fingerprint density at radius 2 is 1.96 bits per heavy atom. The molecule has 0 saturated carbocycles. The van der Waals surface area contributed by atoms with Crippen molar-refractivity contribution in [2.75, 3.05) is 12.0 Å². The van der Waals surface area contributed by atoms with Crippen LogP contribution in [0.1, 0.15) is 34.1 Å². The van der Waals surface area contributed by atoms with Crippen molar-refractivity contribution < 1.29 is 9.53 Å². The number of aromatic nitrogens is 1. The Hall–Kier alpha value is -3.18. The highest BCUT2D eigenvalue weighted by Gasteiger charge is 2.13. The van der Waals surface area contributed by atoms with Gasteiger partial charge in [0, 0.05) is 11.3 Å². The van der Waals surface area contributed by atoms with E-state index in [1.54, 1.807) is 44.2 Å². The molecule has 0 radical (unpaired) electrons. The predicted molar refractivity (Wildman–Crippen MR) is 102 cm³/mol. The lowest BCUT2D eigenvalue weighted by atomic mass is 10.1. The number of amides is 1. The van der Waals surface area contributed by atoms with Crippen LogP contribution >= 0.6 is 12.2 Å². The number of nitrogens with one attached hydrogen (secondary N) is 2. The highest BCUT2D eigenvalue weighted by Crippen LogP contribution is 2.12. The summed E-state index contributed by atoms with van der Waals surface area (Å²) in [5, 5.41) is 11.5. The number of rotatable bonds is 4. The van der Waals surface area contributed by atoms with Gasteiger partial charge < -0.3 is 4.74 Å². The second-order valence-electron chi connectivity index (χ2n) is 5.45. The molecule has 0 atom stereocenters. The first-order valence-corrected chi connectivity index (χ1v) is 8.26. The maximum Gasteiger partial charge on any atom is 0.287 e. The number of hydrogen-bond donors (Lipinski definition) is 2. The molecule has 0 saturated heterocycles. The molecule has 0 aliphatic rings. The van der Waals surface area contributed by atoms with Crippen molar-refractivity contribution in [2.45, 2.75) is 20.8 Å². The number of pyridine rings is 1. The van der Waals surface area contributed by atoms with Crippen molar-refractivity contribution in [3.05, 3.63) is 63.1 Å². The minimum absolute atomic E-state index is 0.0174. The van der Waals surface area contributed by atoms with Crippen LogP contribution in [-0.2, 0) is 0 Å². The highest BCUT2D eigenvalue weighted by molar-refractivity contribution is 7.80. The molecule has 2 N–H and O–H groups in total. The number of benzene rings is 1. The number of aryl methyl sites for hydroxylation is 2. The molecule has 0 spiro atoms. The molecular formula is C18H18N4O3S. The minimum atomic E-state index is -0.525. The van der Waals surface area contributed by atoms with Crippen LogP contribution in [0.25, 0.3) is 0 Å². The second kappa shape index (κ2) is 8.27. The van der Waals surface area contributed by atoms with Gasteiger partial charge >= 0.3 is 0 Å². The van der Waals surface area contributed by atoms with E-state index in [2.05, 4.69) is 10.7 Å². The standard InChI is InChI=1S/C18H18N4O3S/c1-4-25-14-7-5-13(6-8-14)16(23)20-18(26)21-22-12(3)9-11(2)15(10-19)17(22)24/h5-9H,4H2,1-3H3,(H2,20,21,23,26). The highest BCUT2D eigenvalue weighted by atomic mass is 32.1. The number of nitrogens with zero attached hydrogens (tertiary/aromatic N) is 2. The summed E-state index contributed by atoms with van der Waals surface area (Å²) in [5.74, 6) is 0.236. The van der Waals surface area contributed by atoms with Gasteiger partial charge in [-0.25, -0.2) is 4.68 Å². The number of nitriles is 1. The fourth-order valence-corrected chi connectivity index (χ4v) is 2.52. The molecule has 1 aromatic carbocycles. The fraction of sp³-hybridized carbons (Fsp3) is 0.222. The minimum Gasteiger partial charge on any atom is -0.494 e. The number of thiocarbonyl (C=S) groups is 1. The van der Waals surface area contributed by atoms with Crippen LogP contribution in [-0.4, -0.2) is 22.3 Å². The van der Waals surface area contributed by atoms with Crippen LogP contribution < -0.4 is 21.0 Å². The summed E-state index contributed by atoms with van der Waals surface area (Å²) >= 11 is 5.10. The fourth-order valence-electron chi connectivity index (χ4n) is 2.34. The van der Waals surface area contributed by atoms with Gasteiger partial charge in [0.15, 0.2) is 5.11 Å². The van der Waals surface area contributed by atoms with E-state index in [4.69, 9.17) is 22.2 Å². The average molecular weight is 370 g/mol. The molecule has 0 bridgehead atoms. The van der Waals surface area contributed by atoms with Crippen molar-refractivity contribution in [1.29, 1.82) is 5.26 Å². The van der Waals surface area contributed by atoms with Gasteiger partial charge in [-0.05, 0) is 68.9 Å². The molecule has 26 heavy (non-hydrogen) atoms. The molecule has 1 heterocycles. The molecule has 2 aromatic rings. The van der Waals surface area contributed by atoms with E-state index in [9.17, 15) is 9.59 Å². The lowest BCUT2D eigenvalue weighted by Gasteiger charge is -2.15. The molecule has 8 heteroatoms. The summed E-state index contributed by atoms with van der Waals surface area (Å²) in [6.45, 7) is 5.79. The van der Waals surface area contributed by atoms with Gasteiger partial charge in [-0.15, -0.1) is 0 Å². The van der Waals surface area contributed by atoms with E-state index < -0.39 is 11.5 Å². The SMILES string of the molecule is CCOc1ccc(C(=O)NC(=S)Nn2c(C)cc(C)c(C#N)c2=O)cc1. The van der Waals surface area contributed by atoms with E-state index >= 15 is 0 Å². The molecule has 134 valence electrons. The van der Waals surface area contributed by atoms with Crippen LogP contribution in [0.15, 0.2) is 35.1 Å².